The van der Waals surface area contributed by atoms with Crippen molar-refractivity contribution < 1.29 is 28.2 Å². The van der Waals surface area contributed by atoms with Crippen molar-refractivity contribution in [3.8, 4) is 17.3 Å². The number of ether oxygens (including phenoxy) is 1. The predicted molar refractivity (Wildman–Crippen MR) is 163 cm³/mol. The summed E-state index contributed by atoms with van der Waals surface area (Å²) >= 11 is 0. The van der Waals surface area contributed by atoms with Gasteiger partial charge in [0.25, 0.3) is 12.3 Å². The first-order valence-electron chi connectivity index (χ1n) is 15.0. The highest BCUT2D eigenvalue weighted by atomic mass is 19.1. The van der Waals surface area contributed by atoms with Crippen molar-refractivity contribution in [3.05, 3.63) is 66.2 Å². The molecule has 13 heteroatoms. The number of carbonyl (C=O) groups is 2. The summed E-state index contributed by atoms with van der Waals surface area (Å²) in [6, 6.07) is 10.4. The predicted octanol–water partition coefficient (Wildman–Crippen LogP) is 4.78. The van der Waals surface area contributed by atoms with Crippen molar-refractivity contribution in [1.82, 2.24) is 33.9 Å². The quantitative estimate of drug-likeness (QED) is 0.220. The van der Waals surface area contributed by atoms with Gasteiger partial charge in [0.15, 0.2) is 5.82 Å². The third-order valence-electron chi connectivity index (χ3n) is 8.65. The van der Waals surface area contributed by atoms with Crippen molar-refractivity contribution in [2.24, 2.45) is 13.0 Å². The van der Waals surface area contributed by atoms with E-state index in [-0.39, 0.29) is 19.0 Å². The second kappa shape index (κ2) is 11.5. The molecule has 11 nitrogen and oxygen atoms in total. The second-order valence-corrected chi connectivity index (χ2v) is 11.9. The van der Waals surface area contributed by atoms with Crippen molar-refractivity contribution in [3.63, 3.8) is 0 Å². The number of hydrogen-bond acceptors (Lipinski definition) is 5. The number of alkyl halides is 2. The summed E-state index contributed by atoms with van der Waals surface area (Å²) in [4.78, 5) is 34.9. The number of benzene rings is 2. The number of halogens is 2. The van der Waals surface area contributed by atoms with Gasteiger partial charge in [-0.15, -0.1) is 0 Å². The van der Waals surface area contributed by atoms with Gasteiger partial charge in [-0.1, -0.05) is 12.1 Å². The zero-order chi connectivity index (χ0) is 31.2. The molecule has 45 heavy (non-hydrogen) atoms. The SMILES string of the molecule is Cn1c(-c2cc3cccc(OC(F)Cn4ccnc4)c3n2CC2CC2)nc2cc3c(cc21)CCN(CC(CF)NC(=O)O)C3=O. The number of para-hydroxylation sites is 1. The van der Waals surface area contributed by atoms with Gasteiger partial charge in [-0.05, 0) is 55.0 Å². The molecule has 1 saturated carbocycles. The van der Waals surface area contributed by atoms with Crippen LogP contribution < -0.4 is 10.1 Å². The Bertz CT molecular complexity index is 1900. The summed E-state index contributed by atoms with van der Waals surface area (Å²) in [5.74, 6) is 1.39. The maximum Gasteiger partial charge on any atom is 0.405 e. The van der Waals surface area contributed by atoms with Crippen molar-refractivity contribution >= 4 is 33.9 Å². The maximum absolute atomic E-state index is 15.1. The molecule has 0 saturated heterocycles. The molecule has 1 aliphatic heterocycles. The first kappa shape index (κ1) is 28.8. The summed E-state index contributed by atoms with van der Waals surface area (Å²) in [6.45, 7) is 0.145. The minimum atomic E-state index is -1.57. The molecule has 2 atom stereocenters. The lowest BCUT2D eigenvalue weighted by molar-refractivity contribution is 0.0523. The topological polar surface area (TPSA) is 119 Å². The van der Waals surface area contributed by atoms with Gasteiger partial charge in [0, 0.05) is 50.0 Å². The van der Waals surface area contributed by atoms with Gasteiger partial charge in [0.05, 0.1) is 41.2 Å². The number of nitrogens with zero attached hydrogens (tertiary/aromatic N) is 6. The number of nitrogens with one attached hydrogen (secondary N) is 1. The van der Waals surface area contributed by atoms with E-state index in [4.69, 9.17) is 14.8 Å². The molecule has 4 heterocycles. The lowest BCUT2D eigenvalue weighted by Gasteiger charge is -2.31. The summed E-state index contributed by atoms with van der Waals surface area (Å²) in [5.41, 5.74) is 4.52. The van der Waals surface area contributed by atoms with Crippen LogP contribution in [0, 0.1) is 5.92 Å². The standard InChI is InChI=1S/C32H33F2N7O4/c1-38-25-11-20-7-9-40(16-22(14-33)36-32(43)44)31(42)23(20)13-24(25)37-30(38)26-12-21-3-2-4-27(29(21)41(26)15-19-5-6-19)45-28(34)17-39-10-8-35-18-39/h2-4,8,10-13,18-19,22,28,36H,5-7,9,14-17H2,1H3,(H,43,44). The number of aryl methyl sites for hydroxylation is 1. The Morgan fingerprint density at radius 1 is 1.22 bits per heavy atom. The van der Waals surface area contributed by atoms with Gasteiger partial charge in [0.2, 0.25) is 0 Å². The van der Waals surface area contributed by atoms with Crippen LogP contribution in [0.4, 0.5) is 13.6 Å². The van der Waals surface area contributed by atoms with Crippen LogP contribution in [-0.2, 0) is 26.6 Å². The molecule has 2 N–H and O–H groups in total. The van der Waals surface area contributed by atoms with Gasteiger partial charge in [-0.3, -0.25) is 4.79 Å². The van der Waals surface area contributed by atoms with Gasteiger partial charge < -0.3 is 33.8 Å². The molecule has 2 unspecified atom stereocenters. The van der Waals surface area contributed by atoms with Gasteiger partial charge in [-0.2, -0.15) is 4.39 Å². The maximum atomic E-state index is 15.1. The molecule has 2 aliphatic rings. The number of rotatable bonds is 11. The van der Waals surface area contributed by atoms with Crippen LogP contribution in [0.1, 0.15) is 28.8 Å². The fraction of sp³-hybridized carbons (Fsp3) is 0.375. The number of aromatic nitrogens is 5. The Kier molecular flexibility index (Phi) is 7.38. The Hall–Kier alpha value is -4.94. The fourth-order valence-electron chi connectivity index (χ4n) is 6.25. The number of amides is 2. The van der Waals surface area contributed by atoms with Gasteiger partial charge in [-0.25, -0.2) is 19.2 Å². The average molecular weight is 618 g/mol. The smallest absolute Gasteiger partial charge is 0.405 e. The van der Waals surface area contributed by atoms with Crippen LogP contribution in [0.25, 0.3) is 33.5 Å². The lowest BCUT2D eigenvalue weighted by Crippen LogP contribution is -2.48. The summed E-state index contributed by atoms with van der Waals surface area (Å²) in [7, 11) is 1.94. The Labute approximate surface area is 257 Å². The van der Waals surface area contributed by atoms with E-state index in [2.05, 4.69) is 14.9 Å². The molecular formula is C32H33F2N7O4. The number of carboxylic acid groups (broad SMARTS) is 1. The molecule has 1 aliphatic carbocycles. The van der Waals surface area contributed by atoms with Crippen molar-refractivity contribution in [1.29, 1.82) is 0 Å². The zero-order valence-corrected chi connectivity index (χ0v) is 24.7. The molecule has 0 spiro atoms. The Morgan fingerprint density at radius 2 is 2.07 bits per heavy atom. The molecule has 5 aromatic rings. The third-order valence-corrected chi connectivity index (χ3v) is 8.65. The molecular weight excluding hydrogens is 584 g/mol. The number of carbonyl (C=O) groups excluding carboxylic acids is 1. The van der Waals surface area contributed by atoms with Crippen LogP contribution in [0.3, 0.4) is 0 Å². The number of fused-ring (bicyclic) bond motifs is 3. The van der Waals surface area contributed by atoms with E-state index in [1.807, 2.05) is 35.9 Å². The molecule has 1 fully saturated rings. The third kappa shape index (κ3) is 5.58. The van der Waals surface area contributed by atoms with E-state index < -0.39 is 25.2 Å². The fourth-order valence-corrected chi connectivity index (χ4v) is 6.25. The second-order valence-electron chi connectivity index (χ2n) is 11.9. The molecule has 234 valence electrons. The van der Waals surface area contributed by atoms with E-state index in [1.165, 1.54) is 4.90 Å². The van der Waals surface area contributed by atoms with E-state index in [1.54, 1.807) is 35.4 Å². The van der Waals surface area contributed by atoms with Crippen LogP contribution in [0.15, 0.2) is 55.1 Å². The first-order valence-corrected chi connectivity index (χ1v) is 15.0. The molecule has 0 radical (unpaired) electrons. The van der Waals surface area contributed by atoms with Crippen molar-refractivity contribution in [2.75, 3.05) is 19.8 Å². The summed E-state index contributed by atoms with van der Waals surface area (Å²) in [5, 5.41) is 12.1. The monoisotopic (exact) mass is 617 g/mol. The highest BCUT2D eigenvalue weighted by Crippen LogP contribution is 2.40. The van der Waals surface area contributed by atoms with Crippen LogP contribution in [-0.4, -0.2) is 77.8 Å². The minimum absolute atomic E-state index is 0.0165. The highest BCUT2D eigenvalue weighted by Gasteiger charge is 2.30. The normalized spacial score (nSPS) is 16.2. The molecule has 0 bridgehead atoms. The largest absolute Gasteiger partial charge is 0.465 e. The minimum Gasteiger partial charge on any atom is -0.465 e. The number of hydrogen-bond donors (Lipinski definition) is 2. The van der Waals surface area contributed by atoms with Crippen LogP contribution in [0.5, 0.6) is 5.75 Å². The van der Waals surface area contributed by atoms with Gasteiger partial charge >= 0.3 is 6.09 Å². The highest BCUT2D eigenvalue weighted by molar-refractivity contribution is 6.01. The average Bonchev–Trinajstić information content (AvgIpc) is 3.39. The van der Waals surface area contributed by atoms with E-state index in [0.29, 0.717) is 41.5 Å². The molecule has 7 rings (SSSR count). The zero-order valence-electron chi connectivity index (χ0n) is 24.7. The summed E-state index contributed by atoms with van der Waals surface area (Å²) in [6.07, 6.45) is 4.73. The number of imidazole rings is 2. The Balaban J connectivity index is 1.25. The Morgan fingerprint density at radius 3 is 2.80 bits per heavy atom. The van der Waals surface area contributed by atoms with Crippen molar-refractivity contribution in [2.45, 2.75) is 44.8 Å². The van der Waals surface area contributed by atoms with E-state index >= 15 is 4.39 Å². The van der Waals surface area contributed by atoms with Gasteiger partial charge in [0.1, 0.15) is 12.4 Å². The lowest BCUT2D eigenvalue weighted by atomic mass is 9.97. The molecule has 2 aromatic carbocycles. The molecule has 3 aromatic heterocycles. The summed E-state index contributed by atoms with van der Waals surface area (Å²) < 4.78 is 40.2. The molecule has 2 amide bonds. The van der Waals surface area contributed by atoms with Crippen LogP contribution in [0.2, 0.25) is 0 Å². The first-order chi connectivity index (χ1) is 21.8. The van der Waals surface area contributed by atoms with Crippen LogP contribution >= 0.6 is 0 Å². The van der Waals surface area contributed by atoms with E-state index in [9.17, 15) is 14.0 Å². The van der Waals surface area contributed by atoms with E-state index in [0.717, 1.165) is 47.1 Å².